The van der Waals surface area contributed by atoms with Gasteiger partial charge in [-0.15, -0.1) is 11.3 Å². The molecule has 43 heavy (non-hydrogen) atoms. The monoisotopic (exact) mass is 594 g/mol. The number of hydrogen-bond donors (Lipinski definition) is 3. The molecule has 4 N–H and O–H groups in total. The largest absolute Gasteiger partial charge is 0.457 e. The number of nitrogens with one attached hydrogen (secondary N) is 2. The maximum atomic E-state index is 13.6. The minimum atomic E-state index is -0.371. The first-order chi connectivity index (χ1) is 20.8. The van der Waals surface area contributed by atoms with Crippen LogP contribution in [0.2, 0.25) is 0 Å². The lowest BCUT2D eigenvalue weighted by Crippen LogP contribution is -2.50. The average molecular weight is 595 g/mol. The Bertz CT molecular complexity index is 1760. The summed E-state index contributed by atoms with van der Waals surface area (Å²) < 4.78 is 5.98. The molecular formula is C31H31BN6O4S. The highest BCUT2D eigenvalue weighted by Crippen LogP contribution is 2.46. The van der Waals surface area contributed by atoms with Crippen LogP contribution in [0.15, 0.2) is 72.3 Å². The lowest BCUT2D eigenvalue weighted by Gasteiger charge is -2.33. The van der Waals surface area contributed by atoms with Gasteiger partial charge in [-0.05, 0) is 67.2 Å². The summed E-state index contributed by atoms with van der Waals surface area (Å²) in [5, 5.41) is 6.76. The van der Waals surface area contributed by atoms with Gasteiger partial charge >= 0.3 is 6.03 Å². The molecule has 4 heterocycles. The molecule has 4 aromatic rings. The van der Waals surface area contributed by atoms with Crippen LogP contribution in [0, 0.1) is 6.92 Å². The van der Waals surface area contributed by atoms with E-state index in [0.717, 1.165) is 24.2 Å². The number of thiophene rings is 1. The number of ether oxygens (including phenoxy) is 1. The number of nitrogens with two attached hydrogens (primary N) is 1. The van der Waals surface area contributed by atoms with Crippen molar-refractivity contribution >= 4 is 64.3 Å². The number of amides is 4. The summed E-state index contributed by atoms with van der Waals surface area (Å²) >= 11 is 1.24. The van der Waals surface area contributed by atoms with Crippen molar-refractivity contribution in [3.05, 3.63) is 82.8 Å². The summed E-state index contributed by atoms with van der Waals surface area (Å²) in [6, 6.07) is 16.3. The molecule has 4 amide bonds. The van der Waals surface area contributed by atoms with E-state index >= 15 is 0 Å². The summed E-state index contributed by atoms with van der Waals surface area (Å²) in [6.07, 6.45) is 4.88. The summed E-state index contributed by atoms with van der Waals surface area (Å²) in [4.78, 5) is 48.9. The van der Waals surface area contributed by atoms with E-state index < -0.39 is 0 Å². The molecular weight excluding hydrogens is 563 g/mol. The third kappa shape index (κ3) is 5.58. The fourth-order valence-corrected chi connectivity index (χ4v) is 6.62. The molecule has 0 saturated carbocycles. The maximum Gasteiger partial charge on any atom is 0.331 e. The predicted molar refractivity (Wildman–Crippen MR) is 171 cm³/mol. The van der Waals surface area contributed by atoms with Crippen molar-refractivity contribution in [1.29, 1.82) is 0 Å². The highest BCUT2D eigenvalue weighted by atomic mass is 32.1. The van der Waals surface area contributed by atoms with Crippen LogP contribution in [0.3, 0.4) is 0 Å². The fraction of sp³-hybridized carbons (Fsp3) is 0.226. The van der Waals surface area contributed by atoms with Gasteiger partial charge in [0.05, 0.1) is 22.4 Å². The number of benzene rings is 2. The summed E-state index contributed by atoms with van der Waals surface area (Å²) in [5.41, 5.74) is 8.81. The van der Waals surface area contributed by atoms with Crippen LogP contribution in [0.1, 0.15) is 28.1 Å². The minimum Gasteiger partial charge on any atom is -0.457 e. The number of para-hydroxylation sites is 1. The number of nitrogens with zero attached hydrogens (tertiary/aromatic N) is 3. The first kappa shape index (κ1) is 28.4. The van der Waals surface area contributed by atoms with E-state index in [2.05, 4.69) is 15.6 Å². The van der Waals surface area contributed by atoms with Gasteiger partial charge in [0.1, 0.15) is 29.1 Å². The molecule has 1 unspecified atom stereocenters. The molecule has 2 aliphatic rings. The molecule has 2 aliphatic heterocycles. The fourth-order valence-electron chi connectivity index (χ4n) is 5.59. The smallest absolute Gasteiger partial charge is 0.331 e. The Balaban J connectivity index is 1.25. The Kier molecular flexibility index (Phi) is 7.87. The molecule has 2 aromatic carbocycles. The van der Waals surface area contributed by atoms with Crippen molar-refractivity contribution < 1.29 is 19.1 Å². The molecule has 10 nitrogen and oxygen atoms in total. The van der Waals surface area contributed by atoms with Gasteiger partial charge in [-0.25, -0.2) is 9.78 Å². The van der Waals surface area contributed by atoms with Gasteiger partial charge in [0, 0.05) is 31.9 Å². The van der Waals surface area contributed by atoms with Crippen molar-refractivity contribution in [3.63, 3.8) is 0 Å². The lowest BCUT2D eigenvalue weighted by atomic mass is 9.92. The second kappa shape index (κ2) is 11.9. The number of rotatable bonds is 7. The number of anilines is 3. The second-order valence-electron chi connectivity index (χ2n) is 10.6. The summed E-state index contributed by atoms with van der Waals surface area (Å²) in [6.45, 7) is 3.26. The molecule has 0 aliphatic carbocycles. The Morgan fingerprint density at radius 1 is 1.19 bits per heavy atom. The van der Waals surface area contributed by atoms with Crippen LogP contribution in [-0.4, -0.2) is 61.3 Å². The SMILES string of the molecule is B/C(=C\CN)C(=O)N1CCCC(NC(=O)c2sc3nccc4c3c2NC(=O)N4c2ccc(Oc3ccccc3)cc2C)C1. The zero-order valence-electron chi connectivity index (χ0n) is 23.9. The predicted octanol–water partition coefficient (Wildman–Crippen LogP) is 4.28. The molecule has 0 spiro atoms. The number of carbonyl (C=O) groups excluding carboxylic acids is 3. The number of aryl methyl sites for hydroxylation is 1. The van der Waals surface area contributed by atoms with Crippen LogP contribution in [0.4, 0.5) is 21.9 Å². The summed E-state index contributed by atoms with van der Waals surface area (Å²) in [5.74, 6) is 1.01. The number of likely N-dealkylation sites (tertiary alicyclic amines) is 1. The van der Waals surface area contributed by atoms with Crippen LogP contribution >= 0.6 is 11.3 Å². The van der Waals surface area contributed by atoms with Crippen molar-refractivity contribution in [3.8, 4) is 11.5 Å². The van der Waals surface area contributed by atoms with Gasteiger partial charge in [-0.1, -0.05) is 24.3 Å². The van der Waals surface area contributed by atoms with Gasteiger partial charge in [0.15, 0.2) is 0 Å². The highest BCUT2D eigenvalue weighted by Gasteiger charge is 2.34. The molecule has 218 valence electrons. The molecule has 1 fully saturated rings. The van der Waals surface area contributed by atoms with E-state index in [1.807, 2.05) is 55.5 Å². The molecule has 0 radical (unpaired) electrons. The van der Waals surface area contributed by atoms with E-state index in [9.17, 15) is 14.4 Å². The van der Waals surface area contributed by atoms with Crippen molar-refractivity contribution in [2.75, 3.05) is 29.9 Å². The van der Waals surface area contributed by atoms with Crippen LogP contribution in [-0.2, 0) is 4.79 Å². The molecule has 1 atom stereocenters. The number of pyridine rings is 1. The minimum absolute atomic E-state index is 0.0718. The number of hydrogen-bond acceptors (Lipinski definition) is 7. The van der Waals surface area contributed by atoms with Crippen molar-refractivity contribution in [2.45, 2.75) is 25.8 Å². The van der Waals surface area contributed by atoms with Gasteiger partial charge in [0.25, 0.3) is 5.91 Å². The number of piperidine rings is 1. The topological polar surface area (TPSA) is 130 Å². The van der Waals surface area contributed by atoms with E-state index in [1.54, 1.807) is 36.0 Å². The second-order valence-corrected chi connectivity index (χ2v) is 11.6. The van der Waals surface area contributed by atoms with Crippen molar-refractivity contribution in [1.82, 2.24) is 15.2 Å². The summed E-state index contributed by atoms with van der Waals surface area (Å²) in [7, 11) is 1.75. The average Bonchev–Trinajstić information content (AvgIpc) is 3.38. The first-order valence-electron chi connectivity index (χ1n) is 14.2. The molecule has 2 aromatic heterocycles. The zero-order chi connectivity index (χ0) is 30.1. The quantitative estimate of drug-likeness (QED) is 0.217. The Labute approximate surface area is 253 Å². The molecule has 12 heteroatoms. The molecule has 1 saturated heterocycles. The number of carbonyl (C=O) groups is 3. The normalized spacial score (nSPS) is 16.7. The molecule has 6 rings (SSSR count). The third-order valence-electron chi connectivity index (χ3n) is 7.65. The van der Waals surface area contributed by atoms with E-state index in [4.69, 9.17) is 10.5 Å². The third-order valence-corrected chi connectivity index (χ3v) is 8.74. The van der Waals surface area contributed by atoms with Gasteiger partial charge in [0.2, 0.25) is 5.91 Å². The Morgan fingerprint density at radius 3 is 2.77 bits per heavy atom. The van der Waals surface area contributed by atoms with Crippen LogP contribution < -0.4 is 26.0 Å². The standard InChI is InChI=1S/C31H31BN6O4S/c1-18-16-21(42-20-7-3-2-4-8-20)9-10-23(18)38-24-12-14-34-29-25(24)26(36-31(38)41)27(43-29)28(39)35-19-6-5-15-37(17-19)30(40)22(32)11-13-33/h2-4,7-12,14,16,19H,5-6,13,15,17,32-33H2,1H3,(H,35,39)(H,36,41)/b22-11-. The van der Waals surface area contributed by atoms with E-state index in [0.29, 0.717) is 63.0 Å². The van der Waals surface area contributed by atoms with Gasteiger partial charge < -0.3 is 26.0 Å². The van der Waals surface area contributed by atoms with Crippen LogP contribution in [0.25, 0.3) is 10.2 Å². The van der Waals surface area contributed by atoms with Crippen LogP contribution in [0.5, 0.6) is 11.5 Å². The van der Waals surface area contributed by atoms with Gasteiger partial charge in [-0.3, -0.25) is 14.5 Å². The van der Waals surface area contributed by atoms with E-state index in [1.165, 1.54) is 11.3 Å². The maximum absolute atomic E-state index is 13.6. The molecule has 0 bridgehead atoms. The number of urea groups is 1. The van der Waals surface area contributed by atoms with Crippen molar-refractivity contribution in [2.24, 2.45) is 5.73 Å². The Morgan fingerprint density at radius 2 is 2.00 bits per heavy atom. The highest BCUT2D eigenvalue weighted by molar-refractivity contribution is 7.21. The zero-order valence-corrected chi connectivity index (χ0v) is 24.7. The van der Waals surface area contributed by atoms with Gasteiger partial charge in [-0.2, -0.15) is 0 Å². The Hall–Kier alpha value is -4.68. The lowest BCUT2D eigenvalue weighted by molar-refractivity contribution is -0.127. The number of aromatic nitrogens is 1. The van der Waals surface area contributed by atoms with E-state index in [-0.39, 0.29) is 23.9 Å². The first-order valence-corrected chi connectivity index (χ1v) is 15.0.